The maximum Gasteiger partial charge on any atom is 0.262 e. The van der Waals surface area contributed by atoms with Crippen molar-refractivity contribution in [1.82, 2.24) is 14.5 Å². The Hall–Kier alpha value is -2.92. The van der Waals surface area contributed by atoms with Crippen LogP contribution >= 0.6 is 11.8 Å². The highest BCUT2D eigenvalue weighted by atomic mass is 32.2. The standard InChI is InChI=1S/C21H17N3OS/c1-24-20(25)18(17-8-7-14-5-3-4-6-16(14)13-17)19(23-21(24)26-2)15-9-11-22-12-10-15/h3-13H,1-2H3. The van der Waals surface area contributed by atoms with E-state index in [0.29, 0.717) is 16.4 Å². The summed E-state index contributed by atoms with van der Waals surface area (Å²) in [6, 6.07) is 18.0. The molecule has 0 bridgehead atoms. The monoisotopic (exact) mass is 359 g/mol. The number of aromatic nitrogens is 3. The van der Waals surface area contributed by atoms with Crippen LogP contribution in [0.4, 0.5) is 0 Å². The van der Waals surface area contributed by atoms with Crippen LogP contribution in [0.1, 0.15) is 0 Å². The van der Waals surface area contributed by atoms with Crippen LogP contribution in [-0.2, 0) is 7.05 Å². The van der Waals surface area contributed by atoms with Gasteiger partial charge in [-0.25, -0.2) is 4.98 Å². The molecule has 0 radical (unpaired) electrons. The Kier molecular flexibility index (Phi) is 4.31. The molecule has 4 nitrogen and oxygen atoms in total. The van der Waals surface area contributed by atoms with Gasteiger partial charge in [0.1, 0.15) is 0 Å². The van der Waals surface area contributed by atoms with E-state index in [4.69, 9.17) is 4.98 Å². The number of benzene rings is 2. The molecule has 0 unspecified atom stereocenters. The molecule has 4 aromatic rings. The zero-order valence-electron chi connectivity index (χ0n) is 14.5. The third-order valence-corrected chi connectivity index (χ3v) is 5.15. The molecule has 128 valence electrons. The molecule has 4 rings (SSSR count). The van der Waals surface area contributed by atoms with E-state index in [1.807, 2.05) is 42.7 Å². The van der Waals surface area contributed by atoms with E-state index in [0.717, 1.165) is 21.9 Å². The SMILES string of the molecule is CSc1nc(-c2ccncc2)c(-c2ccc3ccccc3c2)c(=O)n1C. The zero-order valence-corrected chi connectivity index (χ0v) is 15.3. The largest absolute Gasteiger partial charge is 0.290 e. The van der Waals surface area contributed by atoms with E-state index in [2.05, 4.69) is 23.2 Å². The summed E-state index contributed by atoms with van der Waals surface area (Å²) in [5.41, 5.74) is 3.01. The van der Waals surface area contributed by atoms with Gasteiger partial charge in [-0.05, 0) is 40.8 Å². The smallest absolute Gasteiger partial charge is 0.262 e. The highest BCUT2D eigenvalue weighted by Gasteiger charge is 2.18. The minimum Gasteiger partial charge on any atom is -0.290 e. The summed E-state index contributed by atoms with van der Waals surface area (Å²) in [7, 11) is 1.77. The average Bonchev–Trinajstić information content (AvgIpc) is 2.70. The Bertz CT molecular complexity index is 1150. The van der Waals surface area contributed by atoms with Gasteiger partial charge in [-0.2, -0.15) is 0 Å². The molecule has 26 heavy (non-hydrogen) atoms. The number of hydrogen-bond donors (Lipinski definition) is 0. The Morgan fingerprint density at radius 2 is 1.65 bits per heavy atom. The molecule has 0 aliphatic carbocycles. The lowest BCUT2D eigenvalue weighted by molar-refractivity contribution is 0.715. The van der Waals surface area contributed by atoms with Gasteiger partial charge >= 0.3 is 0 Å². The van der Waals surface area contributed by atoms with Crippen LogP contribution in [-0.4, -0.2) is 20.8 Å². The van der Waals surface area contributed by atoms with Crippen molar-refractivity contribution in [3.63, 3.8) is 0 Å². The summed E-state index contributed by atoms with van der Waals surface area (Å²) in [5, 5.41) is 2.93. The second-order valence-electron chi connectivity index (χ2n) is 5.98. The summed E-state index contributed by atoms with van der Waals surface area (Å²) in [5.74, 6) is 0. The molecule has 5 heteroatoms. The van der Waals surface area contributed by atoms with E-state index in [-0.39, 0.29) is 5.56 Å². The van der Waals surface area contributed by atoms with Crippen molar-refractivity contribution in [3.8, 4) is 22.4 Å². The van der Waals surface area contributed by atoms with Gasteiger partial charge in [-0.15, -0.1) is 0 Å². The third kappa shape index (κ3) is 2.80. The van der Waals surface area contributed by atoms with E-state index in [9.17, 15) is 4.79 Å². The molecule has 0 fully saturated rings. The summed E-state index contributed by atoms with van der Waals surface area (Å²) < 4.78 is 1.61. The van der Waals surface area contributed by atoms with E-state index >= 15 is 0 Å². The summed E-state index contributed by atoms with van der Waals surface area (Å²) in [4.78, 5) is 22.0. The molecule has 0 aliphatic rings. The maximum atomic E-state index is 13.2. The second-order valence-corrected chi connectivity index (χ2v) is 6.76. The fourth-order valence-electron chi connectivity index (χ4n) is 3.09. The van der Waals surface area contributed by atoms with Crippen LogP contribution in [0.3, 0.4) is 0 Å². The zero-order chi connectivity index (χ0) is 18.1. The van der Waals surface area contributed by atoms with Crippen molar-refractivity contribution >= 4 is 22.5 Å². The molecule has 0 atom stereocenters. The lowest BCUT2D eigenvalue weighted by Crippen LogP contribution is -2.22. The van der Waals surface area contributed by atoms with Crippen molar-refractivity contribution in [2.75, 3.05) is 6.26 Å². The molecule has 0 saturated heterocycles. The number of rotatable bonds is 3. The highest BCUT2D eigenvalue weighted by molar-refractivity contribution is 7.98. The molecule has 2 heterocycles. The van der Waals surface area contributed by atoms with Crippen LogP contribution in [0, 0.1) is 0 Å². The summed E-state index contributed by atoms with van der Waals surface area (Å²) >= 11 is 1.46. The minimum absolute atomic E-state index is 0.0496. The molecule has 2 aromatic carbocycles. The van der Waals surface area contributed by atoms with Crippen molar-refractivity contribution in [2.24, 2.45) is 7.05 Å². The van der Waals surface area contributed by atoms with Gasteiger partial charge in [0.15, 0.2) is 5.16 Å². The Balaban J connectivity index is 2.05. The van der Waals surface area contributed by atoms with Gasteiger partial charge in [0.25, 0.3) is 5.56 Å². The Labute approximate surface area is 155 Å². The lowest BCUT2D eigenvalue weighted by atomic mass is 9.98. The molecule has 0 spiro atoms. The summed E-state index contributed by atoms with van der Waals surface area (Å²) in [6.45, 7) is 0. The first-order valence-electron chi connectivity index (χ1n) is 8.23. The molecule has 0 saturated carbocycles. The predicted octanol–water partition coefficient (Wildman–Crippen LogP) is 4.38. The van der Waals surface area contributed by atoms with Crippen LogP contribution in [0.2, 0.25) is 0 Å². The number of fused-ring (bicyclic) bond motifs is 1. The predicted molar refractivity (Wildman–Crippen MR) is 107 cm³/mol. The van der Waals surface area contributed by atoms with Crippen molar-refractivity contribution in [2.45, 2.75) is 5.16 Å². The first kappa shape index (κ1) is 16.5. The number of pyridine rings is 1. The van der Waals surface area contributed by atoms with Gasteiger partial charge in [0.2, 0.25) is 0 Å². The van der Waals surface area contributed by atoms with Crippen LogP contribution in [0.15, 0.2) is 76.9 Å². The topological polar surface area (TPSA) is 47.8 Å². The van der Waals surface area contributed by atoms with Gasteiger partial charge in [0, 0.05) is 25.0 Å². The van der Waals surface area contributed by atoms with Gasteiger partial charge in [-0.1, -0.05) is 48.2 Å². The third-order valence-electron chi connectivity index (χ3n) is 4.42. The number of thioether (sulfide) groups is 1. The quantitative estimate of drug-likeness (QED) is 0.402. The molecular weight excluding hydrogens is 342 g/mol. The maximum absolute atomic E-state index is 13.2. The highest BCUT2D eigenvalue weighted by Crippen LogP contribution is 2.31. The molecule has 0 amide bonds. The van der Waals surface area contributed by atoms with Crippen LogP contribution < -0.4 is 5.56 Å². The molecule has 0 N–H and O–H groups in total. The van der Waals surface area contributed by atoms with E-state index in [1.54, 1.807) is 24.0 Å². The van der Waals surface area contributed by atoms with Gasteiger partial charge in [-0.3, -0.25) is 14.3 Å². The lowest BCUT2D eigenvalue weighted by Gasteiger charge is -2.14. The van der Waals surface area contributed by atoms with E-state index < -0.39 is 0 Å². The molecule has 2 aromatic heterocycles. The fraction of sp³-hybridized carbons (Fsp3) is 0.0952. The van der Waals surface area contributed by atoms with Crippen molar-refractivity contribution < 1.29 is 0 Å². The van der Waals surface area contributed by atoms with Gasteiger partial charge in [0.05, 0.1) is 11.3 Å². The average molecular weight is 359 g/mol. The Morgan fingerprint density at radius 3 is 2.38 bits per heavy atom. The van der Waals surface area contributed by atoms with Gasteiger partial charge < -0.3 is 0 Å². The first-order chi connectivity index (χ1) is 12.7. The second kappa shape index (κ2) is 6.77. The van der Waals surface area contributed by atoms with Crippen molar-refractivity contribution in [3.05, 3.63) is 77.3 Å². The Morgan fingerprint density at radius 1 is 0.923 bits per heavy atom. The van der Waals surface area contributed by atoms with Crippen LogP contribution in [0.25, 0.3) is 33.2 Å². The van der Waals surface area contributed by atoms with E-state index in [1.165, 1.54) is 11.8 Å². The minimum atomic E-state index is -0.0496. The summed E-state index contributed by atoms with van der Waals surface area (Å²) in [6.07, 6.45) is 5.36. The van der Waals surface area contributed by atoms with Crippen molar-refractivity contribution in [1.29, 1.82) is 0 Å². The number of nitrogens with zero attached hydrogens (tertiary/aromatic N) is 3. The van der Waals surface area contributed by atoms with Crippen LogP contribution in [0.5, 0.6) is 0 Å². The molecule has 0 aliphatic heterocycles. The fourth-order valence-corrected chi connectivity index (χ4v) is 3.63. The number of hydrogen-bond acceptors (Lipinski definition) is 4. The molecular formula is C21H17N3OS. The first-order valence-corrected chi connectivity index (χ1v) is 9.46. The normalized spacial score (nSPS) is 11.0.